The molecule has 26 heteroatoms. The molecule has 0 spiro atoms. The second kappa shape index (κ2) is 21.2. The first kappa shape index (κ1) is 55.8. The number of rotatable bonds is 17. The van der Waals surface area contributed by atoms with Crippen LogP contribution in [0.5, 0.6) is 11.5 Å². The fourth-order valence-corrected chi connectivity index (χ4v) is 13.3. The zero-order valence-electron chi connectivity index (χ0n) is 42.2. The van der Waals surface area contributed by atoms with E-state index in [9.17, 15) is 47.8 Å². The number of carbonyl (C=O) groups excluding carboxylic acids is 2. The number of ether oxygens (including phenoxy) is 2. The van der Waals surface area contributed by atoms with Crippen LogP contribution >= 0.6 is 23.5 Å². The molecule has 8 N–H and O–H groups in total. The molecule has 4 unspecified atom stereocenters. The molecule has 75 heavy (non-hydrogen) atoms. The smallest absolute Gasteiger partial charge is 0.456 e. The van der Waals surface area contributed by atoms with Crippen LogP contribution in [0.2, 0.25) is 0 Å². The van der Waals surface area contributed by atoms with Crippen LogP contribution in [0.4, 0.5) is 5.69 Å². The number of anilines is 1. The molecule has 0 aliphatic carbocycles. The summed E-state index contributed by atoms with van der Waals surface area (Å²) in [6, 6.07) is 16.0. The van der Waals surface area contributed by atoms with Crippen molar-refractivity contribution in [1.29, 1.82) is 0 Å². The van der Waals surface area contributed by atoms with Gasteiger partial charge >= 0.3 is 29.2 Å². The Labute approximate surface area is 430 Å². The maximum atomic E-state index is 14.5. The number of H-pyrrole nitrogens is 1. The number of nitrogens with one attached hydrogen (secondary N) is 3. The number of carbonyl (C=O) groups is 2. The number of aliphatic hydroxyl groups excluding tert-OH is 1. The number of fused-ring (bicyclic) bond motifs is 4. The topological polar surface area (TPSA) is 327 Å². The zero-order valence-corrected chi connectivity index (χ0v) is 44.9. The summed E-state index contributed by atoms with van der Waals surface area (Å²) in [5.41, 5.74) is 4.21. The van der Waals surface area contributed by atoms with E-state index in [0.717, 1.165) is 62.1 Å². The van der Waals surface area contributed by atoms with Gasteiger partial charge in [-0.2, -0.15) is 8.62 Å². The maximum Gasteiger partial charge on any atom is 0.490 e. The van der Waals surface area contributed by atoms with Gasteiger partial charge in [0.25, 0.3) is 11.5 Å². The van der Waals surface area contributed by atoms with E-state index < -0.39 is 59.8 Å². The number of phosphoric ester groups is 1. The first-order valence-electron chi connectivity index (χ1n) is 24.2. The lowest BCUT2D eigenvalue weighted by atomic mass is 9.79. The molecule has 1 saturated heterocycles. The summed E-state index contributed by atoms with van der Waals surface area (Å²) in [5.74, 6) is 1.28. The van der Waals surface area contributed by atoms with Crippen LogP contribution in [0, 0.1) is 0 Å². The van der Waals surface area contributed by atoms with Crippen molar-refractivity contribution in [1.82, 2.24) is 19.8 Å². The normalized spacial score (nSPS) is 23.0. The fraction of sp³-hybridized carbons (Fsp3) is 0.449. The Morgan fingerprint density at radius 1 is 0.947 bits per heavy atom. The predicted octanol–water partition coefficient (Wildman–Crippen LogP) is 5.17. The van der Waals surface area contributed by atoms with Crippen molar-refractivity contribution in [3.8, 4) is 11.5 Å². The van der Waals surface area contributed by atoms with Crippen molar-refractivity contribution < 1.29 is 70.6 Å². The van der Waals surface area contributed by atoms with Crippen LogP contribution in [-0.4, -0.2) is 101 Å². The second-order valence-electron chi connectivity index (χ2n) is 20.6. The zero-order chi connectivity index (χ0) is 54.6. The maximum absolute atomic E-state index is 14.5. The molecule has 7 atom stereocenters. The molecule has 0 radical (unpaired) electrons. The summed E-state index contributed by atoms with van der Waals surface area (Å²) < 4.78 is 59.8. The lowest BCUT2D eigenvalue weighted by Crippen LogP contribution is -2.37. The van der Waals surface area contributed by atoms with E-state index in [1.807, 2.05) is 30.3 Å². The molecular weight excluding hydrogens is 1040 g/mol. The molecule has 0 bridgehead atoms. The third-order valence-electron chi connectivity index (χ3n) is 13.3. The number of aromatic amines is 1. The largest absolute Gasteiger partial charge is 0.490 e. The highest BCUT2D eigenvalue weighted by atomic mass is 31.3. The van der Waals surface area contributed by atoms with Crippen molar-refractivity contribution in [3.05, 3.63) is 126 Å². The minimum absolute atomic E-state index is 0.0181. The Morgan fingerprint density at radius 3 is 2.40 bits per heavy atom. The van der Waals surface area contributed by atoms with Gasteiger partial charge in [-0.3, -0.25) is 33.5 Å². The molecular formula is C49H61N6O17P3. The van der Waals surface area contributed by atoms with Crippen LogP contribution in [-0.2, 0) is 36.4 Å². The second-order valence-corrected chi connectivity index (χ2v) is 25.0. The fourth-order valence-electron chi connectivity index (χ4n) is 10.3. The average molecular weight is 1100 g/mol. The summed E-state index contributed by atoms with van der Waals surface area (Å²) in [4.78, 5) is 98.3. The number of aromatic nitrogens is 2. The van der Waals surface area contributed by atoms with Gasteiger partial charge in [0.05, 0.1) is 29.2 Å². The molecule has 4 aliphatic rings. The monoisotopic (exact) mass is 1100 g/mol. The SMILES string of the molecule is CC1CC(C)(C)Nc2cc3c(cc21)C(c1ccccc1C(=O)N(C)CCCC(=O)NC/C=C/c1cn([C@H]2C[C@H](O)[C@@H](COP(=O)(O)OP(=O)(O)OP(=O)(O)O)O2)c(=O)[nH]c1=O)=c1cc2c(cc1O3)=NC(C)(C)CC2C. The molecule has 2 amide bonds. The van der Waals surface area contributed by atoms with Gasteiger partial charge < -0.3 is 49.7 Å². The van der Waals surface area contributed by atoms with E-state index in [1.54, 1.807) is 11.9 Å². The number of hydrogen-bond donors (Lipinski definition) is 8. The van der Waals surface area contributed by atoms with E-state index in [-0.39, 0.29) is 66.2 Å². The Kier molecular flexibility index (Phi) is 15.8. The first-order chi connectivity index (χ1) is 35.0. The average Bonchev–Trinajstić information content (AvgIpc) is 3.65. The highest BCUT2D eigenvalue weighted by Gasteiger charge is 2.43. The summed E-state index contributed by atoms with van der Waals surface area (Å²) in [7, 11) is -15.3. The molecule has 4 aromatic rings. The number of hydrogen-bond acceptors (Lipinski definition) is 15. The number of nitrogens with zero attached hydrogens (tertiary/aromatic N) is 3. The number of aliphatic hydroxyl groups is 1. The Hall–Kier alpha value is -5.38. The highest BCUT2D eigenvalue weighted by Crippen LogP contribution is 2.66. The lowest BCUT2D eigenvalue weighted by molar-refractivity contribution is -0.121. The molecule has 8 rings (SSSR count). The van der Waals surface area contributed by atoms with Gasteiger partial charge in [-0.15, -0.1) is 0 Å². The van der Waals surface area contributed by atoms with Gasteiger partial charge in [-0.1, -0.05) is 44.2 Å². The van der Waals surface area contributed by atoms with E-state index in [2.05, 4.69) is 88.5 Å². The van der Waals surface area contributed by atoms with Crippen molar-refractivity contribution in [2.75, 3.05) is 32.1 Å². The van der Waals surface area contributed by atoms with Crippen molar-refractivity contribution >= 4 is 52.6 Å². The molecule has 4 aliphatic heterocycles. The van der Waals surface area contributed by atoms with E-state index in [0.29, 0.717) is 23.5 Å². The van der Waals surface area contributed by atoms with E-state index >= 15 is 0 Å². The number of phosphoric acid groups is 3. The van der Waals surface area contributed by atoms with Crippen molar-refractivity contribution in [2.45, 2.75) is 115 Å². The van der Waals surface area contributed by atoms with Crippen LogP contribution < -0.4 is 37.2 Å². The Bertz CT molecular complexity index is 3370. The van der Waals surface area contributed by atoms with Crippen LogP contribution in [0.3, 0.4) is 0 Å². The van der Waals surface area contributed by atoms with E-state index in [4.69, 9.17) is 24.3 Å². The van der Waals surface area contributed by atoms with E-state index in [1.165, 1.54) is 17.7 Å². The van der Waals surface area contributed by atoms with Gasteiger partial charge in [0, 0.05) is 84.5 Å². The predicted molar refractivity (Wildman–Crippen MR) is 274 cm³/mol. The summed E-state index contributed by atoms with van der Waals surface area (Å²) >= 11 is 0. The van der Waals surface area contributed by atoms with Crippen LogP contribution in [0.25, 0.3) is 11.6 Å². The number of benzene rings is 3. The summed E-state index contributed by atoms with van der Waals surface area (Å²) in [5, 5.41) is 18.7. The third-order valence-corrected chi connectivity index (χ3v) is 17.1. The van der Waals surface area contributed by atoms with Gasteiger partial charge in [-0.05, 0) is 93.7 Å². The third kappa shape index (κ3) is 13.1. The standard InChI is InChI=1S/C49H61N6O17P3/c1-27-23-48(3,4)52-36-20-39-34(18-32(27)36)44(35-19-33-28(2)24-49(5,6)53-37(33)21-40(35)69-39)30-13-8-9-14-31(30)46(59)54(7)17-11-15-42(57)50-16-10-12-29-25-55(47(60)51-45(29)58)43-22-38(56)41(70-43)26-68-74(64,65)72-75(66,67)71-73(61,62)63/h8-10,12-14,18-21,25,27-28,38,41,43,52,56H,11,15-17,22-24,26H2,1-7H3,(H,50,57)(H,64,65)(H,66,67)(H,51,58,60)(H2,61,62,63)/b12-10+/t27?,28?,38-,41+,43+/m0/s1. The van der Waals surface area contributed by atoms with Crippen LogP contribution in [0.1, 0.15) is 130 Å². The quantitative estimate of drug-likeness (QED) is 0.0557. The van der Waals surface area contributed by atoms with Gasteiger partial charge in [0.15, 0.2) is 0 Å². The highest BCUT2D eigenvalue weighted by molar-refractivity contribution is 7.66. The summed E-state index contributed by atoms with van der Waals surface area (Å²) in [6.07, 6.45) is 1.70. The summed E-state index contributed by atoms with van der Waals surface area (Å²) in [6.45, 7) is 12.4. The molecule has 23 nitrogen and oxygen atoms in total. The molecule has 0 saturated carbocycles. The number of amides is 2. The Balaban J connectivity index is 0.913. The lowest BCUT2D eigenvalue weighted by Gasteiger charge is -2.38. The minimum atomic E-state index is -5.79. The van der Waals surface area contributed by atoms with Gasteiger partial charge in [0.1, 0.15) is 23.8 Å². The first-order valence-corrected chi connectivity index (χ1v) is 28.7. The molecule has 3 aromatic carbocycles. The van der Waals surface area contributed by atoms with Crippen molar-refractivity contribution in [3.63, 3.8) is 0 Å². The minimum Gasteiger partial charge on any atom is -0.456 e. The molecule has 5 heterocycles. The molecule has 1 fully saturated rings. The molecule has 1 aromatic heterocycles. The Morgan fingerprint density at radius 2 is 1.67 bits per heavy atom. The van der Waals surface area contributed by atoms with Gasteiger partial charge in [-0.25, -0.2) is 18.5 Å². The van der Waals surface area contributed by atoms with Gasteiger partial charge in [0.2, 0.25) is 5.91 Å². The van der Waals surface area contributed by atoms with Crippen molar-refractivity contribution in [2.24, 2.45) is 4.99 Å². The molecule has 404 valence electrons. The van der Waals surface area contributed by atoms with Crippen LogP contribution in [0.15, 0.2) is 75.4 Å².